The molecule has 1 fully saturated rings. The predicted molar refractivity (Wildman–Crippen MR) is 38.9 cm³/mol. The Kier molecular flexibility index (Phi) is 2.33. The number of hydrogen-bond donors (Lipinski definition) is 1. The molecule has 0 spiro atoms. The maximum absolute atomic E-state index is 10.7. The topological polar surface area (TPSA) is 29.1 Å². The summed E-state index contributed by atoms with van der Waals surface area (Å²) in [4.78, 5) is 10.7. The molecule has 0 unspecified atom stereocenters. The quantitative estimate of drug-likeness (QED) is 0.557. The number of rotatable bonds is 3. The van der Waals surface area contributed by atoms with E-state index >= 15 is 0 Å². The minimum Gasteiger partial charge on any atom is -0.355 e. The standard InChI is InChI=1S/C8H10NO/c1-2-3-8(10)9-6-7-4-5-7/h1,3,7H,4-6H2,(H,9,10). The molecular weight excluding hydrogens is 126 g/mol. The minimum absolute atomic E-state index is 0.144. The van der Waals surface area contributed by atoms with Gasteiger partial charge in [-0.3, -0.25) is 4.79 Å². The van der Waals surface area contributed by atoms with Crippen LogP contribution in [0.1, 0.15) is 12.8 Å². The lowest BCUT2D eigenvalue weighted by molar-refractivity contribution is -0.117. The van der Waals surface area contributed by atoms with Crippen LogP contribution < -0.4 is 5.32 Å². The molecule has 1 aliphatic rings. The van der Waals surface area contributed by atoms with E-state index in [0.717, 1.165) is 12.5 Å². The molecule has 0 aromatic rings. The van der Waals surface area contributed by atoms with Gasteiger partial charge in [0.1, 0.15) is 6.42 Å². The van der Waals surface area contributed by atoms with Crippen LogP contribution in [0.2, 0.25) is 0 Å². The Labute approximate surface area is 61.0 Å². The third-order valence-electron chi connectivity index (χ3n) is 1.48. The van der Waals surface area contributed by atoms with Crippen LogP contribution in [0.5, 0.6) is 0 Å². The van der Waals surface area contributed by atoms with Gasteiger partial charge in [-0.15, -0.1) is 6.42 Å². The molecule has 53 valence electrons. The van der Waals surface area contributed by atoms with Gasteiger partial charge in [0.25, 0.3) is 0 Å². The van der Waals surface area contributed by atoms with Crippen LogP contribution >= 0.6 is 0 Å². The van der Waals surface area contributed by atoms with Crippen molar-refractivity contribution >= 4 is 5.91 Å². The molecule has 1 saturated carbocycles. The molecule has 10 heavy (non-hydrogen) atoms. The SMILES string of the molecule is C#C[CH]C(=O)NCC1CC1. The summed E-state index contributed by atoms with van der Waals surface area (Å²) in [5, 5.41) is 2.71. The first-order chi connectivity index (χ1) is 4.83. The fourth-order valence-electron chi connectivity index (χ4n) is 0.694. The Morgan fingerprint density at radius 3 is 3.00 bits per heavy atom. The van der Waals surface area contributed by atoms with Gasteiger partial charge in [-0.05, 0) is 18.8 Å². The first-order valence-corrected chi connectivity index (χ1v) is 3.40. The van der Waals surface area contributed by atoms with Crippen LogP contribution in [0, 0.1) is 24.7 Å². The zero-order valence-electron chi connectivity index (χ0n) is 5.76. The van der Waals surface area contributed by atoms with Gasteiger partial charge in [0.05, 0.1) is 0 Å². The summed E-state index contributed by atoms with van der Waals surface area (Å²) in [6.07, 6.45) is 8.59. The third kappa shape index (κ3) is 2.54. The number of carbonyl (C=O) groups is 1. The second kappa shape index (κ2) is 3.26. The van der Waals surface area contributed by atoms with Gasteiger partial charge in [-0.1, -0.05) is 5.92 Å². The molecule has 0 atom stereocenters. The summed E-state index contributed by atoms with van der Waals surface area (Å²) in [5.74, 6) is 2.75. The van der Waals surface area contributed by atoms with Gasteiger partial charge in [-0.25, -0.2) is 0 Å². The van der Waals surface area contributed by atoms with E-state index in [1.165, 1.54) is 19.3 Å². The van der Waals surface area contributed by atoms with E-state index in [-0.39, 0.29) is 5.91 Å². The van der Waals surface area contributed by atoms with Crippen LogP contribution in [-0.4, -0.2) is 12.5 Å². The lowest BCUT2D eigenvalue weighted by atomic mass is 10.4. The highest BCUT2D eigenvalue weighted by atomic mass is 16.1. The van der Waals surface area contributed by atoms with E-state index in [1.807, 2.05) is 0 Å². The summed E-state index contributed by atoms with van der Waals surface area (Å²) >= 11 is 0. The number of carbonyl (C=O) groups excluding carboxylic acids is 1. The number of hydrogen-bond acceptors (Lipinski definition) is 1. The minimum atomic E-state index is -0.144. The highest BCUT2D eigenvalue weighted by Gasteiger charge is 2.21. The average molecular weight is 136 g/mol. The van der Waals surface area contributed by atoms with Crippen LogP contribution in [-0.2, 0) is 4.79 Å². The Balaban J connectivity index is 2.01. The first kappa shape index (κ1) is 7.14. The largest absolute Gasteiger partial charge is 0.355 e. The lowest BCUT2D eigenvalue weighted by Crippen LogP contribution is -2.25. The van der Waals surface area contributed by atoms with Crippen LogP contribution in [0.4, 0.5) is 0 Å². The predicted octanol–water partition coefficient (Wildman–Crippen LogP) is 0.350. The highest BCUT2D eigenvalue weighted by Crippen LogP contribution is 2.27. The Hall–Kier alpha value is -0.970. The van der Waals surface area contributed by atoms with Crippen LogP contribution in [0.3, 0.4) is 0 Å². The molecule has 1 N–H and O–H groups in total. The van der Waals surface area contributed by atoms with Crippen LogP contribution in [0.15, 0.2) is 0 Å². The molecule has 1 amide bonds. The van der Waals surface area contributed by atoms with Crippen molar-refractivity contribution in [2.24, 2.45) is 5.92 Å². The molecule has 0 aromatic carbocycles. The van der Waals surface area contributed by atoms with Gasteiger partial charge in [0.15, 0.2) is 0 Å². The molecule has 0 aliphatic heterocycles. The Morgan fingerprint density at radius 1 is 1.80 bits per heavy atom. The molecule has 1 rings (SSSR count). The normalized spacial score (nSPS) is 15.9. The zero-order chi connectivity index (χ0) is 7.40. The van der Waals surface area contributed by atoms with Crippen molar-refractivity contribution in [2.75, 3.05) is 6.54 Å². The highest BCUT2D eigenvalue weighted by molar-refractivity contribution is 5.87. The van der Waals surface area contributed by atoms with E-state index in [9.17, 15) is 4.79 Å². The van der Waals surface area contributed by atoms with Crippen molar-refractivity contribution in [3.8, 4) is 12.3 Å². The van der Waals surface area contributed by atoms with E-state index in [2.05, 4.69) is 11.2 Å². The fourth-order valence-corrected chi connectivity index (χ4v) is 0.694. The van der Waals surface area contributed by atoms with Gasteiger partial charge >= 0.3 is 0 Å². The van der Waals surface area contributed by atoms with E-state index < -0.39 is 0 Å². The van der Waals surface area contributed by atoms with E-state index in [4.69, 9.17) is 6.42 Å². The summed E-state index contributed by atoms with van der Waals surface area (Å²) in [6, 6.07) is 0. The molecule has 0 heterocycles. The van der Waals surface area contributed by atoms with Crippen molar-refractivity contribution in [3.63, 3.8) is 0 Å². The maximum Gasteiger partial charge on any atom is 0.236 e. The lowest BCUT2D eigenvalue weighted by Gasteiger charge is -1.98. The van der Waals surface area contributed by atoms with Crippen molar-refractivity contribution < 1.29 is 4.79 Å². The smallest absolute Gasteiger partial charge is 0.236 e. The molecule has 2 nitrogen and oxygen atoms in total. The third-order valence-corrected chi connectivity index (χ3v) is 1.48. The molecule has 0 saturated heterocycles. The van der Waals surface area contributed by atoms with E-state index in [0.29, 0.717) is 0 Å². The first-order valence-electron chi connectivity index (χ1n) is 3.40. The monoisotopic (exact) mass is 136 g/mol. The molecule has 1 aliphatic carbocycles. The van der Waals surface area contributed by atoms with E-state index in [1.54, 1.807) is 0 Å². The molecule has 0 bridgehead atoms. The van der Waals surface area contributed by atoms with Crippen molar-refractivity contribution in [1.82, 2.24) is 5.32 Å². The molecule has 1 radical (unpaired) electrons. The molecule has 2 heteroatoms. The fraction of sp³-hybridized carbons (Fsp3) is 0.500. The summed E-state index contributed by atoms with van der Waals surface area (Å²) < 4.78 is 0. The Bertz CT molecular complexity index is 165. The van der Waals surface area contributed by atoms with Gasteiger partial charge in [-0.2, -0.15) is 0 Å². The summed E-state index contributed by atoms with van der Waals surface area (Å²) in [7, 11) is 0. The summed E-state index contributed by atoms with van der Waals surface area (Å²) in [6.45, 7) is 0.789. The van der Waals surface area contributed by atoms with Crippen molar-refractivity contribution in [1.29, 1.82) is 0 Å². The van der Waals surface area contributed by atoms with Crippen LogP contribution in [0.25, 0.3) is 0 Å². The van der Waals surface area contributed by atoms with Gasteiger partial charge in [0, 0.05) is 6.54 Å². The van der Waals surface area contributed by atoms with Crippen molar-refractivity contribution in [2.45, 2.75) is 12.8 Å². The van der Waals surface area contributed by atoms with Gasteiger partial charge < -0.3 is 5.32 Å². The molecule has 0 aromatic heterocycles. The Morgan fingerprint density at radius 2 is 2.50 bits per heavy atom. The van der Waals surface area contributed by atoms with Crippen molar-refractivity contribution in [3.05, 3.63) is 6.42 Å². The number of amides is 1. The second-order valence-electron chi connectivity index (χ2n) is 2.50. The zero-order valence-corrected chi connectivity index (χ0v) is 5.76. The average Bonchev–Trinajstić information content (AvgIpc) is 2.67. The maximum atomic E-state index is 10.7. The second-order valence-corrected chi connectivity index (χ2v) is 2.50. The summed E-state index contributed by atoms with van der Waals surface area (Å²) in [5.41, 5.74) is 0. The molecular formula is C8H10NO. The number of nitrogens with one attached hydrogen (secondary N) is 1. The number of terminal acetylenes is 1. The van der Waals surface area contributed by atoms with Gasteiger partial charge in [0.2, 0.25) is 5.91 Å².